The van der Waals surface area contributed by atoms with Crippen LogP contribution in [0, 0.1) is 11.7 Å². The molecule has 7 heteroatoms. The number of carbonyl (C=O) groups is 1. The average Bonchev–Trinajstić information content (AvgIpc) is 3.23. The van der Waals surface area contributed by atoms with Crippen molar-refractivity contribution in [1.82, 2.24) is 14.7 Å². The fourth-order valence-electron chi connectivity index (χ4n) is 3.52. The van der Waals surface area contributed by atoms with Crippen LogP contribution in [0.5, 0.6) is 0 Å². The number of nitrogens with one attached hydrogen (secondary N) is 1. The SMILES string of the molecule is O=C(NCc1ccccc1)C1CCCN(c2nc(Cc3ccc(F)cc3)ns2)C1. The van der Waals surface area contributed by atoms with Gasteiger partial charge in [-0.2, -0.15) is 4.37 Å². The molecule has 5 nitrogen and oxygen atoms in total. The van der Waals surface area contributed by atoms with Crippen LogP contribution < -0.4 is 10.2 Å². The molecule has 0 spiro atoms. The normalized spacial score (nSPS) is 16.6. The number of hydrogen-bond donors (Lipinski definition) is 1. The van der Waals surface area contributed by atoms with Crippen LogP contribution in [0.15, 0.2) is 54.6 Å². The summed E-state index contributed by atoms with van der Waals surface area (Å²) >= 11 is 1.36. The first-order chi connectivity index (χ1) is 14.2. The lowest BCUT2D eigenvalue weighted by molar-refractivity contribution is -0.125. The van der Waals surface area contributed by atoms with E-state index >= 15 is 0 Å². The lowest BCUT2D eigenvalue weighted by Gasteiger charge is -2.31. The van der Waals surface area contributed by atoms with E-state index in [0.29, 0.717) is 19.5 Å². The van der Waals surface area contributed by atoms with Crippen molar-refractivity contribution in [3.05, 3.63) is 77.4 Å². The van der Waals surface area contributed by atoms with Crippen molar-refractivity contribution in [3.63, 3.8) is 0 Å². The Labute approximate surface area is 173 Å². The molecule has 1 aromatic heterocycles. The van der Waals surface area contributed by atoms with Gasteiger partial charge in [0.25, 0.3) is 0 Å². The molecule has 1 aliphatic rings. The maximum Gasteiger partial charge on any atom is 0.225 e. The Hall–Kier alpha value is -2.80. The van der Waals surface area contributed by atoms with Crippen molar-refractivity contribution < 1.29 is 9.18 Å². The number of benzene rings is 2. The monoisotopic (exact) mass is 410 g/mol. The highest BCUT2D eigenvalue weighted by Crippen LogP contribution is 2.25. The molecule has 0 radical (unpaired) electrons. The zero-order valence-electron chi connectivity index (χ0n) is 16.1. The number of carbonyl (C=O) groups excluding carboxylic acids is 1. The summed E-state index contributed by atoms with van der Waals surface area (Å²) in [6.45, 7) is 2.09. The van der Waals surface area contributed by atoms with E-state index in [1.165, 1.54) is 23.7 Å². The molecule has 0 bridgehead atoms. The van der Waals surface area contributed by atoms with E-state index in [1.54, 1.807) is 12.1 Å². The molecule has 150 valence electrons. The van der Waals surface area contributed by atoms with Crippen LogP contribution in [0.2, 0.25) is 0 Å². The van der Waals surface area contributed by atoms with E-state index in [1.807, 2.05) is 30.3 Å². The zero-order chi connectivity index (χ0) is 20.1. The highest BCUT2D eigenvalue weighted by atomic mass is 32.1. The Morgan fingerprint density at radius 2 is 1.93 bits per heavy atom. The van der Waals surface area contributed by atoms with Gasteiger partial charge in [-0.25, -0.2) is 9.37 Å². The highest BCUT2D eigenvalue weighted by molar-refractivity contribution is 7.09. The molecule has 1 amide bonds. The molecule has 2 aromatic carbocycles. The Bertz CT molecular complexity index is 945. The molecule has 1 N–H and O–H groups in total. The van der Waals surface area contributed by atoms with Gasteiger partial charge >= 0.3 is 0 Å². The van der Waals surface area contributed by atoms with E-state index < -0.39 is 0 Å². The first-order valence-electron chi connectivity index (χ1n) is 9.81. The Balaban J connectivity index is 1.34. The quantitative estimate of drug-likeness (QED) is 0.672. The van der Waals surface area contributed by atoms with Gasteiger partial charge in [0.05, 0.1) is 5.92 Å². The topological polar surface area (TPSA) is 58.1 Å². The molecule has 0 saturated carbocycles. The molecule has 0 aliphatic carbocycles. The summed E-state index contributed by atoms with van der Waals surface area (Å²) in [5, 5.41) is 3.90. The van der Waals surface area contributed by atoms with Gasteiger partial charge in [-0.1, -0.05) is 42.5 Å². The summed E-state index contributed by atoms with van der Waals surface area (Å²) in [5.41, 5.74) is 2.08. The first kappa shape index (κ1) is 19.5. The Kier molecular flexibility index (Phi) is 6.14. The van der Waals surface area contributed by atoms with Gasteiger partial charge in [-0.05, 0) is 36.1 Å². The summed E-state index contributed by atoms with van der Waals surface area (Å²) in [6, 6.07) is 16.4. The third-order valence-corrected chi connectivity index (χ3v) is 5.92. The average molecular weight is 411 g/mol. The van der Waals surface area contributed by atoms with Gasteiger partial charge in [-0.15, -0.1) is 0 Å². The van der Waals surface area contributed by atoms with Crippen LogP contribution in [0.1, 0.15) is 29.8 Å². The predicted molar refractivity (Wildman–Crippen MR) is 112 cm³/mol. The Morgan fingerprint density at radius 3 is 2.72 bits per heavy atom. The van der Waals surface area contributed by atoms with Gasteiger partial charge in [-0.3, -0.25) is 4.79 Å². The second-order valence-corrected chi connectivity index (χ2v) is 8.02. The van der Waals surface area contributed by atoms with Crippen LogP contribution in [0.25, 0.3) is 0 Å². The number of anilines is 1. The van der Waals surface area contributed by atoms with Crippen molar-refractivity contribution in [1.29, 1.82) is 0 Å². The number of rotatable bonds is 6. The van der Waals surface area contributed by atoms with Crippen LogP contribution in [0.3, 0.4) is 0 Å². The molecule has 1 atom stereocenters. The van der Waals surface area contributed by atoms with Crippen molar-refractivity contribution >= 4 is 22.6 Å². The van der Waals surface area contributed by atoms with Crippen LogP contribution in [0.4, 0.5) is 9.52 Å². The van der Waals surface area contributed by atoms with Gasteiger partial charge in [0.2, 0.25) is 11.0 Å². The van der Waals surface area contributed by atoms with E-state index in [0.717, 1.165) is 41.5 Å². The van der Waals surface area contributed by atoms with Gasteiger partial charge in [0.15, 0.2) is 0 Å². The van der Waals surface area contributed by atoms with Crippen LogP contribution in [-0.2, 0) is 17.8 Å². The van der Waals surface area contributed by atoms with E-state index in [2.05, 4.69) is 19.6 Å². The number of aromatic nitrogens is 2. The fraction of sp³-hybridized carbons (Fsp3) is 0.318. The molecule has 1 fully saturated rings. The number of hydrogen-bond acceptors (Lipinski definition) is 5. The van der Waals surface area contributed by atoms with Crippen molar-refractivity contribution in [2.45, 2.75) is 25.8 Å². The van der Waals surface area contributed by atoms with Gasteiger partial charge < -0.3 is 10.2 Å². The Morgan fingerprint density at radius 1 is 1.14 bits per heavy atom. The maximum absolute atomic E-state index is 13.1. The minimum absolute atomic E-state index is 0.0445. The summed E-state index contributed by atoms with van der Waals surface area (Å²) in [4.78, 5) is 19.4. The highest BCUT2D eigenvalue weighted by Gasteiger charge is 2.27. The molecular formula is C22H23FN4OS. The van der Waals surface area contributed by atoms with Crippen LogP contribution >= 0.6 is 11.5 Å². The van der Waals surface area contributed by atoms with E-state index in [4.69, 9.17) is 0 Å². The predicted octanol–water partition coefficient (Wildman–Crippen LogP) is 3.80. The van der Waals surface area contributed by atoms with E-state index in [9.17, 15) is 9.18 Å². The maximum atomic E-state index is 13.1. The summed E-state index contributed by atoms with van der Waals surface area (Å²) < 4.78 is 17.5. The van der Waals surface area contributed by atoms with E-state index in [-0.39, 0.29) is 17.6 Å². The molecule has 2 heterocycles. The lowest BCUT2D eigenvalue weighted by atomic mass is 9.97. The van der Waals surface area contributed by atoms with Gasteiger partial charge in [0, 0.05) is 37.6 Å². The number of nitrogens with zero attached hydrogens (tertiary/aromatic N) is 3. The smallest absolute Gasteiger partial charge is 0.225 e. The second-order valence-electron chi connectivity index (χ2n) is 7.28. The third kappa shape index (κ3) is 5.17. The van der Waals surface area contributed by atoms with Crippen molar-refractivity contribution in [2.75, 3.05) is 18.0 Å². The summed E-state index contributed by atoms with van der Waals surface area (Å²) in [6.07, 6.45) is 2.42. The molecule has 4 rings (SSSR count). The largest absolute Gasteiger partial charge is 0.352 e. The molecule has 29 heavy (non-hydrogen) atoms. The van der Waals surface area contributed by atoms with Gasteiger partial charge in [0.1, 0.15) is 11.6 Å². The fourth-order valence-corrected chi connectivity index (χ4v) is 4.24. The summed E-state index contributed by atoms with van der Waals surface area (Å²) in [5.74, 6) is 0.532. The minimum atomic E-state index is -0.245. The summed E-state index contributed by atoms with van der Waals surface area (Å²) in [7, 11) is 0. The minimum Gasteiger partial charge on any atom is -0.352 e. The number of halogens is 1. The lowest BCUT2D eigenvalue weighted by Crippen LogP contribution is -2.43. The van der Waals surface area contributed by atoms with Crippen molar-refractivity contribution in [3.8, 4) is 0 Å². The molecule has 3 aromatic rings. The van der Waals surface area contributed by atoms with Crippen LogP contribution in [-0.4, -0.2) is 28.4 Å². The standard InChI is InChI=1S/C22H23FN4OS/c23-19-10-8-16(9-11-19)13-20-25-22(29-26-20)27-12-4-7-18(15-27)21(28)24-14-17-5-2-1-3-6-17/h1-3,5-6,8-11,18H,4,7,12-15H2,(H,24,28). The molecule has 1 unspecified atom stereocenters. The second kappa shape index (κ2) is 9.13. The molecule has 1 aliphatic heterocycles. The first-order valence-corrected chi connectivity index (χ1v) is 10.6. The van der Waals surface area contributed by atoms with Crippen molar-refractivity contribution in [2.24, 2.45) is 5.92 Å². The zero-order valence-corrected chi connectivity index (χ0v) is 16.9. The number of amides is 1. The third-order valence-electron chi connectivity index (χ3n) is 5.11. The molecular weight excluding hydrogens is 387 g/mol. The number of piperidine rings is 1. The molecule has 1 saturated heterocycles.